The highest BCUT2D eigenvalue weighted by molar-refractivity contribution is 7.89. The number of aromatic nitrogens is 2. The number of benzene rings is 1. The summed E-state index contributed by atoms with van der Waals surface area (Å²) in [5, 5.41) is 0. The Morgan fingerprint density at radius 1 is 1.19 bits per heavy atom. The van der Waals surface area contributed by atoms with Crippen LogP contribution in [0.1, 0.15) is 5.69 Å². The minimum absolute atomic E-state index is 0.0354. The molecule has 0 spiro atoms. The van der Waals surface area contributed by atoms with Gasteiger partial charge in [-0.15, -0.1) is 0 Å². The van der Waals surface area contributed by atoms with Crippen molar-refractivity contribution in [2.24, 2.45) is 0 Å². The Morgan fingerprint density at radius 3 is 2.67 bits per heavy atom. The van der Waals surface area contributed by atoms with Crippen LogP contribution in [0, 0.1) is 0 Å². The van der Waals surface area contributed by atoms with Crippen molar-refractivity contribution in [1.82, 2.24) is 14.7 Å². The number of hydrogen-bond donors (Lipinski definition) is 1. The van der Waals surface area contributed by atoms with Crippen LogP contribution in [-0.4, -0.2) is 58.9 Å². The maximum atomic E-state index is 12.7. The van der Waals surface area contributed by atoms with Crippen molar-refractivity contribution in [3.8, 4) is 11.5 Å². The van der Waals surface area contributed by atoms with Gasteiger partial charge in [0.1, 0.15) is 16.4 Å². The van der Waals surface area contributed by atoms with Gasteiger partial charge in [-0.2, -0.15) is 0 Å². The predicted octanol–water partition coefficient (Wildman–Crippen LogP) is 0.809. The van der Waals surface area contributed by atoms with E-state index in [2.05, 4.69) is 14.7 Å². The smallest absolute Gasteiger partial charge is 0.244 e. The van der Waals surface area contributed by atoms with E-state index in [9.17, 15) is 8.42 Å². The summed E-state index contributed by atoms with van der Waals surface area (Å²) >= 11 is 0. The van der Waals surface area contributed by atoms with Crippen molar-refractivity contribution in [2.45, 2.75) is 11.4 Å². The first kappa shape index (κ1) is 19.3. The Morgan fingerprint density at radius 2 is 1.96 bits per heavy atom. The van der Waals surface area contributed by atoms with Gasteiger partial charge in [-0.25, -0.2) is 23.1 Å². The highest BCUT2D eigenvalue weighted by Gasteiger charge is 2.21. The van der Waals surface area contributed by atoms with Crippen LogP contribution >= 0.6 is 0 Å². The van der Waals surface area contributed by atoms with Gasteiger partial charge < -0.3 is 19.1 Å². The molecule has 1 aliphatic heterocycles. The van der Waals surface area contributed by atoms with Gasteiger partial charge in [0, 0.05) is 25.4 Å². The quantitative estimate of drug-likeness (QED) is 0.736. The van der Waals surface area contributed by atoms with Crippen molar-refractivity contribution in [1.29, 1.82) is 0 Å². The molecule has 10 heteroatoms. The molecule has 9 nitrogen and oxygen atoms in total. The molecule has 0 aliphatic carbocycles. The summed E-state index contributed by atoms with van der Waals surface area (Å²) in [6.07, 6.45) is 1.62. The van der Waals surface area contributed by atoms with Crippen molar-refractivity contribution in [2.75, 3.05) is 45.4 Å². The summed E-state index contributed by atoms with van der Waals surface area (Å²) in [6.45, 7) is 2.70. The van der Waals surface area contributed by atoms with E-state index in [4.69, 9.17) is 14.2 Å². The molecule has 0 bridgehead atoms. The largest absolute Gasteiger partial charge is 0.497 e. The molecule has 1 N–H and O–H groups in total. The van der Waals surface area contributed by atoms with Gasteiger partial charge in [-0.3, -0.25) is 0 Å². The second kappa shape index (κ2) is 8.51. The molecule has 1 aliphatic rings. The van der Waals surface area contributed by atoms with Gasteiger partial charge in [0.05, 0.1) is 39.7 Å². The Balaban J connectivity index is 1.74. The van der Waals surface area contributed by atoms with Crippen LogP contribution in [0.3, 0.4) is 0 Å². The molecule has 27 heavy (non-hydrogen) atoms. The first-order valence-corrected chi connectivity index (χ1v) is 9.88. The van der Waals surface area contributed by atoms with Crippen LogP contribution < -0.4 is 19.1 Å². The van der Waals surface area contributed by atoms with Gasteiger partial charge >= 0.3 is 0 Å². The van der Waals surface area contributed by atoms with Gasteiger partial charge in [0.2, 0.25) is 16.0 Å². The normalized spacial score (nSPS) is 14.8. The first-order valence-electron chi connectivity index (χ1n) is 8.40. The predicted molar refractivity (Wildman–Crippen MR) is 98.6 cm³/mol. The zero-order valence-electron chi connectivity index (χ0n) is 15.2. The van der Waals surface area contributed by atoms with E-state index < -0.39 is 10.0 Å². The van der Waals surface area contributed by atoms with E-state index in [0.29, 0.717) is 43.7 Å². The Hall–Kier alpha value is -2.43. The lowest BCUT2D eigenvalue weighted by Crippen LogP contribution is -2.37. The maximum Gasteiger partial charge on any atom is 0.244 e. The van der Waals surface area contributed by atoms with Crippen molar-refractivity contribution >= 4 is 16.0 Å². The number of hydrogen-bond acceptors (Lipinski definition) is 8. The first-order chi connectivity index (χ1) is 13.0. The zero-order valence-corrected chi connectivity index (χ0v) is 16.0. The molecule has 2 heterocycles. The second-order valence-electron chi connectivity index (χ2n) is 5.79. The number of nitrogens with zero attached hydrogens (tertiary/aromatic N) is 3. The Bertz CT molecular complexity index is 885. The van der Waals surface area contributed by atoms with Crippen molar-refractivity contribution in [3.63, 3.8) is 0 Å². The fourth-order valence-electron chi connectivity index (χ4n) is 2.64. The number of ether oxygens (including phenoxy) is 3. The fraction of sp³-hybridized carbons (Fsp3) is 0.412. The molecule has 1 aromatic carbocycles. The van der Waals surface area contributed by atoms with E-state index in [1.54, 1.807) is 18.3 Å². The lowest BCUT2D eigenvalue weighted by molar-refractivity contribution is 0.122. The molecule has 2 aromatic rings. The Kier molecular flexibility index (Phi) is 6.09. The SMILES string of the molecule is COc1ccc(S(=O)(=O)NCc2ccnc(N3CCOCC3)n2)c(OC)c1. The van der Waals surface area contributed by atoms with Crippen LogP contribution in [0.25, 0.3) is 0 Å². The van der Waals surface area contributed by atoms with Crippen LogP contribution in [0.4, 0.5) is 5.95 Å². The minimum Gasteiger partial charge on any atom is -0.497 e. The molecule has 0 unspecified atom stereocenters. The highest BCUT2D eigenvalue weighted by Crippen LogP contribution is 2.28. The average Bonchev–Trinajstić information content (AvgIpc) is 2.72. The van der Waals surface area contributed by atoms with E-state index in [0.717, 1.165) is 0 Å². The highest BCUT2D eigenvalue weighted by atomic mass is 32.2. The zero-order chi connectivity index (χ0) is 19.3. The molecular weight excluding hydrogens is 372 g/mol. The van der Waals surface area contributed by atoms with Gasteiger partial charge in [0.25, 0.3) is 0 Å². The molecule has 146 valence electrons. The summed E-state index contributed by atoms with van der Waals surface area (Å²) in [5.41, 5.74) is 0.572. The third-order valence-corrected chi connectivity index (χ3v) is 5.54. The number of nitrogens with one attached hydrogen (secondary N) is 1. The van der Waals surface area contributed by atoms with Crippen LogP contribution in [0.15, 0.2) is 35.4 Å². The van der Waals surface area contributed by atoms with E-state index >= 15 is 0 Å². The monoisotopic (exact) mass is 394 g/mol. The summed E-state index contributed by atoms with van der Waals surface area (Å²) < 4.78 is 43.5. The molecule has 0 radical (unpaired) electrons. The number of methoxy groups -OCH3 is 2. The number of sulfonamides is 1. The van der Waals surface area contributed by atoms with E-state index in [1.807, 2.05) is 4.90 Å². The van der Waals surface area contributed by atoms with Gasteiger partial charge in [-0.1, -0.05) is 0 Å². The number of anilines is 1. The van der Waals surface area contributed by atoms with Crippen LogP contribution in [0.5, 0.6) is 11.5 Å². The molecule has 1 fully saturated rings. The Labute approximate surface area is 158 Å². The molecule has 1 saturated heterocycles. The fourth-order valence-corrected chi connectivity index (χ4v) is 3.79. The molecule has 0 amide bonds. The molecule has 0 atom stereocenters. The van der Waals surface area contributed by atoms with Gasteiger partial charge in [0.15, 0.2) is 0 Å². The van der Waals surface area contributed by atoms with Crippen LogP contribution in [-0.2, 0) is 21.3 Å². The topological polar surface area (TPSA) is 103 Å². The summed E-state index contributed by atoms with van der Waals surface area (Å²) in [6, 6.07) is 6.21. The average molecular weight is 394 g/mol. The third kappa shape index (κ3) is 4.65. The van der Waals surface area contributed by atoms with Gasteiger partial charge in [-0.05, 0) is 18.2 Å². The van der Waals surface area contributed by atoms with E-state index in [-0.39, 0.29) is 17.2 Å². The van der Waals surface area contributed by atoms with E-state index in [1.165, 1.54) is 26.4 Å². The molecular formula is C17H22N4O5S. The second-order valence-corrected chi connectivity index (χ2v) is 7.52. The lowest BCUT2D eigenvalue weighted by atomic mass is 10.3. The number of morpholine rings is 1. The standard InChI is InChI=1S/C17H22N4O5S/c1-24-14-3-4-16(15(11-14)25-2)27(22,23)19-12-13-5-6-18-17(20-13)21-7-9-26-10-8-21/h3-6,11,19H,7-10,12H2,1-2H3. The molecule has 3 rings (SSSR count). The van der Waals surface area contributed by atoms with Crippen molar-refractivity contribution < 1.29 is 22.6 Å². The maximum absolute atomic E-state index is 12.7. The number of rotatable bonds is 7. The third-order valence-electron chi connectivity index (χ3n) is 4.10. The summed E-state index contributed by atoms with van der Waals surface area (Å²) in [7, 11) is -0.877. The lowest BCUT2D eigenvalue weighted by Gasteiger charge is -2.26. The minimum atomic E-state index is -3.79. The molecule has 1 aromatic heterocycles. The summed E-state index contributed by atoms with van der Waals surface area (Å²) in [4.78, 5) is 10.7. The van der Waals surface area contributed by atoms with Crippen molar-refractivity contribution in [3.05, 3.63) is 36.2 Å². The summed E-state index contributed by atoms with van der Waals surface area (Å²) in [5.74, 6) is 1.28. The molecule has 0 saturated carbocycles. The van der Waals surface area contributed by atoms with Crippen LogP contribution in [0.2, 0.25) is 0 Å².